The monoisotopic (exact) mass is 460 g/mol. The molecule has 2 fully saturated rings. The maximum Gasteiger partial charge on any atom is 0.226 e. The number of carbonyl (C=O) groups is 1. The fraction of sp³-hybridized carbons (Fsp3) is 0.480. The first-order valence-corrected chi connectivity index (χ1v) is 11.4. The first-order chi connectivity index (χ1) is 15.0. The Morgan fingerprint density at radius 1 is 1.03 bits per heavy atom. The first kappa shape index (κ1) is 24.5. The number of rotatable bonds is 6. The summed E-state index contributed by atoms with van der Waals surface area (Å²) < 4.78 is 13.0. The Balaban J connectivity index is 0.00000289. The molecule has 5 nitrogen and oxygen atoms in total. The van der Waals surface area contributed by atoms with E-state index < -0.39 is 0 Å². The number of benzene rings is 2. The van der Waals surface area contributed by atoms with Gasteiger partial charge in [-0.3, -0.25) is 9.69 Å². The molecule has 174 valence electrons. The molecule has 2 saturated heterocycles. The van der Waals surface area contributed by atoms with Crippen molar-refractivity contribution in [1.29, 1.82) is 0 Å². The smallest absolute Gasteiger partial charge is 0.226 e. The second-order valence-corrected chi connectivity index (χ2v) is 8.89. The predicted molar refractivity (Wildman–Crippen MR) is 130 cm³/mol. The number of carbonyl (C=O) groups excluding carboxylic acids is 1. The molecule has 2 aliphatic rings. The highest BCUT2D eigenvalue weighted by molar-refractivity contribution is 5.85. The van der Waals surface area contributed by atoms with E-state index in [1.54, 1.807) is 12.1 Å². The van der Waals surface area contributed by atoms with Crippen LogP contribution in [0.15, 0.2) is 48.5 Å². The third-order valence-electron chi connectivity index (χ3n) is 6.30. The van der Waals surface area contributed by atoms with Crippen LogP contribution in [0.25, 0.3) is 0 Å². The highest BCUT2D eigenvalue weighted by atomic mass is 35.5. The van der Waals surface area contributed by atoms with Crippen LogP contribution in [-0.2, 0) is 17.8 Å². The van der Waals surface area contributed by atoms with Crippen molar-refractivity contribution in [3.8, 4) is 0 Å². The topological polar surface area (TPSA) is 47.6 Å². The average Bonchev–Trinajstić information content (AvgIpc) is 2.77. The van der Waals surface area contributed by atoms with Crippen LogP contribution in [0, 0.1) is 5.82 Å². The zero-order valence-electron chi connectivity index (χ0n) is 18.7. The Morgan fingerprint density at radius 3 is 2.34 bits per heavy atom. The molecule has 2 aliphatic heterocycles. The molecule has 4 rings (SSSR count). The second-order valence-electron chi connectivity index (χ2n) is 8.89. The third-order valence-corrected chi connectivity index (χ3v) is 6.30. The van der Waals surface area contributed by atoms with Gasteiger partial charge in [0.15, 0.2) is 0 Å². The maximum atomic E-state index is 13.0. The molecule has 1 atom stereocenters. The summed E-state index contributed by atoms with van der Waals surface area (Å²) in [4.78, 5) is 17.2. The van der Waals surface area contributed by atoms with Gasteiger partial charge in [0.2, 0.25) is 5.91 Å². The van der Waals surface area contributed by atoms with Gasteiger partial charge in [-0.2, -0.15) is 0 Å². The Morgan fingerprint density at radius 2 is 1.69 bits per heavy atom. The van der Waals surface area contributed by atoms with E-state index in [9.17, 15) is 9.18 Å². The lowest BCUT2D eigenvalue weighted by Gasteiger charge is -2.33. The van der Waals surface area contributed by atoms with Gasteiger partial charge in [-0.15, -0.1) is 12.4 Å². The molecule has 2 N–H and O–H groups in total. The van der Waals surface area contributed by atoms with E-state index in [1.165, 1.54) is 17.7 Å². The minimum atomic E-state index is -0.225. The lowest BCUT2D eigenvalue weighted by Crippen LogP contribution is -2.48. The standard InChI is InChI=1S/C25H33FN4O.ClH/c1-19-17-29(15-12-27-19)18-21-4-2-20(3-5-21)16-25(31)30-13-10-24(11-14-30)28-23-8-6-22(26)7-9-23;/h2-9,19,24,27-28H,10-18H2,1H3;1H/t19-;/m0./s1. The van der Waals surface area contributed by atoms with Gasteiger partial charge in [0, 0.05) is 57.0 Å². The van der Waals surface area contributed by atoms with Crippen LogP contribution in [0.4, 0.5) is 10.1 Å². The van der Waals surface area contributed by atoms with Crippen molar-refractivity contribution in [2.24, 2.45) is 0 Å². The van der Waals surface area contributed by atoms with E-state index >= 15 is 0 Å². The molecule has 0 spiro atoms. The van der Waals surface area contributed by atoms with Crippen LogP contribution in [-0.4, -0.2) is 60.5 Å². The molecule has 0 unspecified atom stereocenters. The van der Waals surface area contributed by atoms with Gasteiger partial charge in [-0.25, -0.2) is 4.39 Å². The van der Waals surface area contributed by atoms with Crippen molar-refractivity contribution in [3.63, 3.8) is 0 Å². The predicted octanol–water partition coefficient (Wildman–Crippen LogP) is 3.69. The van der Waals surface area contributed by atoms with Crippen LogP contribution < -0.4 is 10.6 Å². The third kappa shape index (κ3) is 6.92. The van der Waals surface area contributed by atoms with E-state index in [-0.39, 0.29) is 24.1 Å². The zero-order chi connectivity index (χ0) is 21.6. The van der Waals surface area contributed by atoms with Crippen LogP contribution in [0.3, 0.4) is 0 Å². The normalized spacial score (nSPS) is 19.9. The molecular weight excluding hydrogens is 427 g/mol. The summed E-state index contributed by atoms with van der Waals surface area (Å²) in [5.41, 5.74) is 3.31. The van der Waals surface area contributed by atoms with Crippen molar-refractivity contribution in [3.05, 3.63) is 65.5 Å². The number of amides is 1. The van der Waals surface area contributed by atoms with Gasteiger partial charge in [0.25, 0.3) is 0 Å². The molecule has 1 amide bonds. The van der Waals surface area contributed by atoms with E-state index in [0.717, 1.165) is 63.4 Å². The fourth-order valence-corrected chi connectivity index (χ4v) is 4.52. The number of nitrogens with one attached hydrogen (secondary N) is 2. The summed E-state index contributed by atoms with van der Waals surface area (Å²) in [7, 11) is 0. The second kappa shape index (κ2) is 11.6. The molecule has 2 aromatic carbocycles. The maximum absolute atomic E-state index is 13.0. The molecule has 0 radical (unpaired) electrons. The fourth-order valence-electron chi connectivity index (χ4n) is 4.52. The molecular formula is C25H34ClFN4O. The molecule has 32 heavy (non-hydrogen) atoms. The highest BCUT2D eigenvalue weighted by Crippen LogP contribution is 2.18. The minimum absolute atomic E-state index is 0. The molecule has 0 bridgehead atoms. The van der Waals surface area contributed by atoms with Gasteiger partial charge in [0.1, 0.15) is 5.82 Å². The summed E-state index contributed by atoms with van der Waals surface area (Å²) in [6.07, 6.45) is 2.28. The number of hydrogen-bond acceptors (Lipinski definition) is 4. The summed E-state index contributed by atoms with van der Waals surface area (Å²) in [6, 6.07) is 15.8. The van der Waals surface area contributed by atoms with Crippen LogP contribution >= 0.6 is 12.4 Å². The van der Waals surface area contributed by atoms with Crippen molar-refractivity contribution < 1.29 is 9.18 Å². The molecule has 0 saturated carbocycles. The van der Waals surface area contributed by atoms with Gasteiger partial charge >= 0.3 is 0 Å². The van der Waals surface area contributed by atoms with Crippen LogP contribution in [0.5, 0.6) is 0 Å². The Hall–Kier alpha value is -2.15. The quantitative estimate of drug-likeness (QED) is 0.690. The summed E-state index contributed by atoms with van der Waals surface area (Å²) in [6.45, 7) is 7.91. The minimum Gasteiger partial charge on any atom is -0.382 e. The van der Waals surface area contributed by atoms with Gasteiger partial charge in [-0.05, 0) is 55.2 Å². The van der Waals surface area contributed by atoms with Crippen molar-refractivity contribution in [2.75, 3.05) is 38.0 Å². The number of hydrogen-bond donors (Lipinski definition) is 2. The molecule has 2 aromatic rings. The number of piperidine rings is 1. The summed E-state index contributed by atoms with van der Waals surface area (Å²) in [5.74, 6) is -0.0266. The van der Waals surface area contributed by atoms with Gasteiger partial charge in [0.05, 0.1) is 6.42 Å². The number of halogens is 2. The number of anilines is 1. The number of likely N-dealkylation sites (tertiary alicyclic amines) is 1. The Bertz CT molecular complexity index is 853. The van der Waals surface area contributed by atoms with E-state index in [0.29, 0.717) is 18.5 Å². The van der Waals surface area contributed by atoms with Crippen LogP contribution in [0.1, 0.15) is 30.9 Å². The first-order valence-electron chi connectivity index (χ1n) is 11.4. The van der Waals surface area contributed by atoms with Crippen molar-refractivity contribution in [1.82, 2.24) is 15.1 Å². The number of piperazine rings is 1. The lowest BCUT2D eigenvalue weighted by atomic mass is 10.0. The SMILES string of the molecule is C[C@H]1CN(Cc2ccc(CC(=O)N3CCC(Nc4ccc(F)cc4)CC3)cc2)CCN1.Cl. The molecule has 0 aromatic heterocycles. The van der Waals surface area contributed by atoms with E-state index in [2.05, 4.69) is 46.7 Å². The van der Waals surface area contributed by atoms with Crippen molar-refractivity contribution >= 4 is 24.0 Å². The van der Waals surface area contributed by atoms with Crippen LogP contribution in [0.2, 0.25) is 0 Å². The van der Waals surface area contributed by atoms with E-state index in [4.69, 9.17) is 0 Å². The Kier molecular flexibility index (Phi) is 8.91. The highest BCUT2D eigenvalue weighted by Gasteiger charge is 2.23. The van der Waals surface area contributed by atoms with Gasteiger partial charge in [-0.1, -0.05) is 24.3 Å². The van der Waals surface area contributed by atoms with Crippen molar-refractivity contribution in [2.45, 2.75) is 44.8 Å². The number of nitrogens with zero attached hydrogens (tertiary/aromatic N) is 2. The summed E-state index contributed by atoms with van der Waals surface area (Å²) >= 11 is 0. The molecule has 7 heteroatoms. The molecule has 0 aliphatic carbocycles. The van der Waals surface area contributed by atoms with Gasteiger partial charge < -0.3 is 15.5 Å². The zero-order valence-corrected chi connectivity index (χ0v) is 19.5. The Labute approximate surface area is 196 Å². The lowest BCUT2D eigenvalue weighted by molar-refractivity contribution is -0.131. The molecule has 2 heterocycles. The summed E-state index contributed by atoms with van der Waals surface area (Å²) in [5, 5.41) is 6.92. The van der Waals surface area contributed by atoms with E-state index in [1.807, 2.05) is 4.90 Å². The largest absolute Gasteiger partial charge is 0.382 e. The average molecular weight is 461 g/mol.